The predicted molar refractivity (Wildman–Crippen MR) is 74.2 cm³/mol. The monoisotopic (exact) mass is 253 g/mol. The Morgan fingerprint density at radius 3 is 1.89 bits per heavy atom. The lowest BCUT2D eigenvalue weighted by molar-refractivity contribution is 0.0593. The standard InChI is InChI=1S/C16H15NO2/c1-3-10(2)17-15(18)13-8-11-6-4-5-7-12(11)9-14(13)16(17)19/h4-10H,3H2,1-2H3. The van der Waals surface area contributed by atoms with Gasteiger partial charge in [-0.15, -0.1) is 0 Å². The van der Waals surface area contributed by atoms with Crippen LogP contribution in [0.1, 0.15) is 41.0 Å². The SMILES string of the molecule is CCC(C)N1C(=O)c2cc3ccccc3cc2C1=O. The molecule has 2 aromatic rings. The van der Waals surface area contributed by atoms with E-state index in [0.29, 0.717) is 11.1 Å². The van der Waals surface area contributed by atoms with Gasteiger partial charge < -0.3 is 0 Å². The quantitative estimate of drug-likeness (QED) is 0.770. The van der Waals surface area contributed by atoms with Crippen LogP contribution >= 0.6 is 0 Å². The van der Waals surface area contributed by atoms with Gasteiger partial charge in [-0.1, -0.05) is 31.2 Å². The molecule has 0 saturated carbocycles. The van der Waals surface area contributed by atoms with Crippen molar-refractivity contribution in [2.24, 2.45) is 0 Å². The highest BCUT2D eigenvalue weighted by atomic mass is 16.2. The molecule has 0 fully saturated rings. The van der Waals surface area contributed by atoms with Crippen LogP contribution in [0.3, 0.4) is 0 Å². The van der Waals surface area contributed by atoms with Crippen molar-refractivity contribution in [3.8, 4) is 0 Å². The average Bonchev–Trinajstić information content (AvgIpc) is 2.68. The number of nitrogens with zero attached hydrogens (tertiary/aromatic N) is 1. The van der Waals surface area contributed by atoms with E-state index >= 15 is 0 Å². The summed E-state index contributed by atoms with van der Waals surface area (Å²) in [6, 6.07) is 11.4. The maximum Gasteiger partial charge on any atom is 0.261 e. The zero-order valence-electron chi connectivity index (χ0n) is 11.0. The molecule has 3 heteroatoms. The highest BCUT2D eigenvalue weighted by Crippen LogP contribution is 2.29. The lowest BCUT2D eigenvalue weighted by Crippen LogP contribution is -2.37. The highest BCUT2D eigenvalue weighted by molar-refractivity contribution is 6.23. The van der Waals surface area contributed by atoms with Crippen LogP contribution in [0.2, 0.25) is 0 Å². The smallest absolute Gasteiger partial charge is 0.261 e. The van der Waals surface area contributed by atoms with Crippen molar-refractivity contribution in [3.05, 3.63) is 47.5 Å². The largest absolute Gasteiger partial charge is 0.272 e. The molecule has 96 valence electrons. The first-order chi connectivity index (χ1) is 9.13. The summed E-state index contributed by atoms with van der Waals surface area (Å²) in [7, 11) is 0. The zero-order chi connectivity index (χ0) is 13.6. The van der Waals surface area contributed by atoms with E-state index in [4.69, 9.17) is 0 Å². The van der Waals surface area contributed by atoms with Crippen LogP contribution in [0.4, 0.5) is 0 Å². The Morgan fingerprint density at radius 1 is 1.00 bits per heavy atom. The zero-order valence-corrected chi connectivity index (χ0v) is 11.0. The van der Waals surface area contributed by atoms with E-state index in [1.165, 1.54) is 4.90 Å². The fourth-order valence-corrected chi connectivity index (χ4v) is 2.53. The summed E-state index contributed by atoms with van der Waals surface area (Å²) in [6.45, 7) is 3.88. The molecule has 0 saturated heterocycles. The van der Waals surface area contributed by atoms with Crippen molar-refractivity contribution < 1.29 is 9.59 Å². The molecule has 2 amide bonds. The second-order valence-corrected chi connectivity index (χ2v) is 4.98. The van der Waals surface area contributed by atoms with Gasteiger partial charge in [-0.3, -0.25) is 14.5 Å². The van der Waals surface area contributed by atoms with Gasteiger partial charge in [-0.05, 0) is 36.2 Å². The fraction of sp³-hybridized carbons (Fsp3) is 0.250. The van der Waals surface area contributed by atoms with Gasteiger partial charge in [0.05, 0.1) is 11.1 Å². The second kappa shape index (κ2) is 4.19. The molecule has 1 unspecified atom stereocenters. The average molecular weight is 253 g/mol. The van der Waals surface area contributed by atoms with E-state index in [0.717, 1.165) is 17.2 Å². The third-order valence-corrected chi connectivity index (χ3v) is 3.82. The summed E-state index contributed by atoms with van der Waals surface area (Å²) in [5, 5.41) is 1.99. The number of hydrogen-bond donors (Lipinski definition) is 0. The Balaban J connectivity index is 2.19. The van der Waals surface area contributed by atoms with E-state index in [1.54, 1.807) is 0 Å². The van der Waals surface area contributed by atoms with Crippen molar-refractivity contribution in [2.75, 3.05) is 0 Å². The number of rotatable bonds is 2. The molecule has 0 N–H and O–H groups in total. The third kappa shape index (κ3) is 1.65. The summed E-state index contributed by atoms with van der Waals surface area (Å²) in [5.41, 5.74) is 1.06. The van der Waals surface area contributed by atoms with Gasteiger partial charge in [0.2, 0.25) is 0 Å². The van der Waals surface area contributed by atoms with Crippen LogP contribution in [0.15, 0.2) is 36.4 Å². The Kier molecular flexibility index (Phi) is 2.63. The molecular weight excluding hydrogens is 238 g/mol. The van der Waals surface area contributed by atoms with E-state index in [2.05, 4.69) is 0 Å². The fourth-order valence-electron chi connectivity index (χ4n) is 2.53. The van der Waals surface area contributed by atoms with Crippen molar-refractivity contribution in [2.45, 2.75) is 26.3 Å². The molecule has 0 spiro atoms. The van der Waals surface area contributed by atoms with E-state index in [-0.39, 0.29) is 17.9 Å². The van der Waals surface area contributed by atoms with Crippen LogP contribution in [0.5, 0.6) is 0 Å². The predicted octanol–water partition coefficient (Wildman–Crippen LogP) is 3.23. The third-order valence-electron chi connectivity index (χ3n) is 3.82. The molecule has 0 aromatic heterocycles. The second-order valence-electron chi connectivity index (χ2n) is 4.98. The number of carbonyl (C=O) groups is 2. The van der Waals surface area contributed by atoms with Gasteiger partial charge in [-0.2, -0.15) is 0 Å². The lowest BCUT2D eigenvalue weighted by atomic mass is 10.0. The summed E-state index contributed by atoms with van der Waals surface area (Å²) in [6.07, 6.45) is 0.769. The first-order valence-electron chi connectivity index (χ1n) is 6.54. The molecule has 3 rings (SSSR count). The Bertz CT molecular complexity index is 636. The highest BCUT2D eigenvalue weighted by Gasteiger charge is 2.37. The molecule has 0 bridgehead atoms. The molecule has 1 atom stereocenters. The van der Waals surface area contributed by atoms with Crippen LogP contribution in [-0.4, -0.2) is 22.8 Å². The van der Waals surface area contributed by atoms with Crippen LogP contribution in [0, 0.1) is 0 Å². The first kappa shape index (κ1) is 11.9. The topological polar surface area (TPSA) is 37.4 Å². The van der Waals surface area contributed by atoms with E-state index in [9.17, 15) is 9.59 Å². The maximum atomic E-state index is 12.4. The van der Waals surface area contributed by atoms with Crippen LogP contribution < -0.4 is 0 Å². The normalized spacial score (nSPS) is 16.0. The number of imide groups is 1. The number of fused-ring (bicyclic) bond motifs is 2. The lowest BCUT2D eigenvalue weighted by Gasteiger charge is -2.20. The van der Waals surface area contributed by atoms with Gasteiger partial charge in [-0.25, -0.2) is 0 Å². The minimum Gasteiger partial charge on any atom is -0.272 e. The minimum absolute atomic E-state index is 0.0597. The molecule has 1 heterocycles. The van der Waals surface area contributed by atoms with Gasteiger partial charge in [0.25, 0.3) is 11.8 Å². The van der Waals surface area contributed by atoms with Gasteiger partial charge in [0.15, 0.2) is 0 Å². The van der Waals surface area contributed by atoms with Crippen molar-refractivity contribution in [1.82, 2.24) is 4.90 Å². The molecule has 19 heavy (non-hydrogen) atoms. The van der Waals surface area contributed by atoms with Crippen LogP contribution in [0.25, 0.3) is 10.8 Å². The van der Waals surface area contributed by atoms with E-state index in [1.807, 2.05) is 50.2 Å². The van der Waals surface area contributed by atoms with E-state index < -0.39 is 0 Å². The molecule has 0 aliphatic carbocycles. The maximum absolute atomic E-state index is 12.4. The van der Waals surface area contributed by atoms with Gasteiger partial charge in [0, 0.05) is 6.04 Å². The molecular formula is C16H15NO2. The molecule has 0 radical (unpaired) electrons. The minimum atomic E-state index is -0.167. The van der Waals surface area contributed by atoms with Crippen molar-refractivity contribution >= 4 is 22.6 Å². The van der Waals surface area contributed by atoms with Crippen LogP contribution in [-0.2, 0) is 0 Å². The first-order valence-corrected chi connectivity index (χ1v) is 6.54. The summed E-state index contributed by atoms with van der Waals surface area (Å²) in [4.78, 5) is 26.1. The number of hydrogen-bond acceptors (Lipinski definition) is 2. The Hall–Kier alpha value is -2.16. The van der Waals surface area contributed by atoms with Gasteiger partial charge >= 0.3 is 0 Å². The van der Waals surface area contributed by atoms with Gasteiger partial charge in [0.1, 0.15) is 0 Å². The van der Waals surface area contributed by atoms with Crippen molar-refractivity contribution in [3.63, 3.8) is 0 Å². The molecule has 2 aromatic carbocycles. The molecule has 3 nitrogen and oxygen atoms in total. The summed E-state index contributed by atoms with van der Waals surface area (Å²) in [5.74, 6) is -0.333. The molecule has 1 aliphatic rings. The van der Waals surface area contributed by atoms with Crippen molar-refractivity contribution in [1.29, 1.82) is 0 Å². The molecule has 1 aliphatic heterocycles. The Labute approximate surface area is 111 Å². The summed E-state index contributed by atoms with van der Waals surface area (Å²) < 4.78 is 0. The summed E-state index contributed by atoms with van der Waals surface area (Å²) >= 11 is 0. The number of benzene rings is 2. The number of carbonyl (C=O) groups excluding carboxylic acids is 2. The Morgan fingerprint density at radius 2 is 1.47 bits per heavy atom. The number of amides is 2.